The molecule has 1 aliphatic heterocycles. The highest BCUT2D eigenvalue weighted by Crippen LogP contribution is 2.18. The van der Waals surface area contributed by atoms with Gasteiger partial charge in [0.1, 0.15) is 0 Å². The quantitative estimate of drug-likeness (QED) is 0.798. The summed E-state index contributed by atoms with van der Waals surface area (Å²) >= 11 is 0. The first-order valence-corrected chi connectivity index (χ1v) is 9.94. The number of aromatic nitrogens is 1. The lowest BCUT2D eigenvalue weighted by atomic mass is 9.96. The highest BCUT2D eigenvalue weighted by Gasteiger charge is 2.20. The molecule has 1 fully saturated rings. The predicted molar refractivity (Wildman–Crippen MR) is 107 cm³/mol. The van der Waals surface area contributed by atoms with Gasteiger partial charge in [-0.3, -0.25) is 4.79 Å². The average Bonchev–Trinajstić information content (AvgIpc) is 3.10. The third-order valence-electron chi connectivity index (χ3n) is 5.50. The fourth-order valence-electron chi connectivity index (χ4n) is 3.79. The fraction of sp³-hybridized carbons (Fsp3) is 0.500. The maximum atomic E-state index is 12.7. The van der Waals surface area contributed by atoms with Crippen molar-refractivity contribution in [1.29, 1.82) is 0 Å². The molecule has 4 heteroatoms. The smallest absolute Gasteiger partial charge is 0.253 e. The van der Waals surface area contributed by atoms with E-state index < -0.39 is 0 Å². The molecule has 26 heavy (non-hydrogen) atoms. The highest BCUT2D eigenvalue weighted by molar-refractivity contribution is 5.95. The third kappa shape index (κ3) is 4.76. The van der Waals surface area contributed by atoms with Crippen molar-refractivity contribution in [3.63, 3.8) is 0 Å². The van der Waals surface area contributed by atoms with Gasteiger partial charge in [0.15, 0.2) is 0 Å². The molecule has 0 saturated carbocycles. The van der Waals surface area contributed by atoms with Gasteiger partial charge in [0.05, 0.1) is 5.56 Å². The molecule has 0 spiro atoms. The number of amides is 1. The maximum Gasteiger partial charge on any atom is 0.253 e. The summed E-state index contributed by atoms with van der Waals surface area (Å²) in [6.07, 6.45) is 4.03. The van der Waals surface area contributed by atoms with Gasteiger partial charge in [-0.25, -0.2) is 0 Å². The van der Waals surface area contributed by atoms with Crippen LogP contribution >= 0.6 is 0 Å². The molecule has 0 unspecified atom stereocenters. The van der Waals surface area contributed by atoms with Crippen LogP contribution in [0.25, 0.3) is 0 Å². The molecular formula is C22H31N3O. The Labute approximate surface area is 157 Å². The number of piperidine rings is 1. The van der Waals surface area contributed by atoms with Crippen LogP contribution in [0.3, 0.4) is 0 Å². The van der Waals surface area contributed by atoms with Crippen LogP contribution in [0.2, 0.25) is 0 Å². The molecule has 1 aliphatic rings. The van der Waals surface area contributed by atoms with Crippen molar-refractivity contribution < 1.29 is 4.79 Å². The number of aromatic amines is 1. The van der Waals surface area contributed by atoms with Crippen molar-refractivity contribution in [2.45, 2.75) is 39.5 Å². The summed E-state index contributed by atoms with van der Waals surface area (Å²) in [7, 11) is 0. The second-order valence-corrected chi connectivity index (χ2v) is 7.29. The van der Waals surface area contributed by atoms with E-state index in [-0.39, 0.29) is 5.91 Å². The van der Waals surface area contributed by atoms with Crippen LogP contribution in [0.4, 0.5) is 0 Å². The van der Waals surface area contributed by atoms with Crippen LogP contribution in [0.1, 0.15) is 54.0 Å². The molecule has 3 rings (SSSR count). The molecule has 140 valence electrons. The number of carbonyl (C=O) groups is 1. The topological polar surface area (TPSA) is 48.1 Å². The number of aryl methyl sites for hydroxylation is 1. The van der Waals surface area contributed by atoms with Gasteiger partial charge < -0.3 is 15.2 Å². The van der Waals surface area contributed by atoms with E-state index in [1.807, 2.05) is 12.1 Å². The molecule has 0 bridgehead atoms. The second kappa shape index (κ2) is 9.04. The number of likely N-dealkylation sites (tertiary alicyclic amines) is 1. The summed E-state index contributed by atoms with van der Waals surface area (Å²) in [5, 5.41) is 3.18. The predicted octanol–water partition coefficient (Wildman–Crippen LogP) is 3.63. The summed E-state index contributed by atoms with van der Waals surface area (Å²) in [5.74, 6) is 0.671. The summed E-state index contributed by atoms with van der Waals surface area (Å²) in [5.41, 5.74) is 4.21. The Morgan fingerprint density at radius 2 is 1.92 bits per heavy atom. The Kier molecular flexibility index (Phi) is 6.51. The van der Waals surface area contributed by atoms with Crippen molar-refractivity contribution in [3.8, 4) is 0 Å². The molecule has 1 aromatic heterocycles. The fourth-order valence-corrected chi connectivity index (χ4v) is 3.79. The zero-order valence-electron chi connectivity index (χ0n) is 16.1. The lowest BCUT2D eigenvalue weighted by Crippen LogP contribution is -2.38. The molecule has 2 heterocycles. The van der Waals surface area contributed by atoms with Crippen molar-refractivity contribution in [3.05, 3.63) is 58.9 Å². The van der Waals surface area contributed by atoms with Crippen molar-refractivity contribution >= 4 is 5.91 Å². The van der Waals surface area contributed by atoms with Crippen LogP contribution in [0.5, 0.6) is 0 Å². The normalized spacial score (nSPS) is 15.9. The molecule has 1 amide bonds. The average molecular weight is 354 g/mol. The van der Waals surface area contributed by atoms with Crippen molar-refractivity contribution in [2.24, 2.45) is 5.92 Å². The van der Waals surface area contributed by atoms with Crippen LogP contribution in [0, 0.1) is 5.92 Å². The van der Waals surface area contributed by atoms with Crippen LogP contribution in [-0.2, 0) is 12.8 Å². The summed E-state index contributed by atoms with van der Waals surface area (Å²) < 4.78 is 0. The zero-order valence-corrected chi connectivity index (χ0v) is 16.1. The highest BCUT2D eigenvalue weighted by atomic mass is 16.1. The van der Waals surface area contributed by atoms with E-state index >= 15 is 0 Å². The lowest BCUT2D eigenvalue weighted by Gasteiger charge is -2.31. The molecule has 4 nitrogen and oxygen atoms in total. The third-order valence-corrected chi connectivity index (χ3v) is 5.50. The first kappa shape index (κ1) is 18.7. The van der Waals surface area contributed by atoms with E-state index in [9.17, 15) is 4.79 Å². The molecule has 0 atom stereocenters. The summed E-state index contributed by atoms with van der Waals surface area (Å²) in [6, 6.07) is 12.4. The number of carbonyl (C=O) groups excluding carboxylic acids is 1. The van der Waals surface area contributed by atoms with E-state index in [2.05, 4.69) is 53.3 Å². The Morgan fingerprint density at radius 3 is 2.58 bits per heavy atom. The minimum absolute atomic E-state index is 0.0651. The first-order valence-electron chi connectivity index (χ1n) is 9.94. The number of benzene rings is 1. The Bertz CT molecular complexity index is 699. The van der Waals surface area contributed by atoms with Crippen molar-refractivity contribution in [2.75, 3.05) is 26.2 Å². The minimum Gasteiger partial charge on any atom is -0.361 e. The van der Waals surface area contributed by atoms with Crippen LogP contribution in [-0.4, -0.2) is 42.0 Å². The van der Waals surface area contributed by atoms with Crippen LogP contribution in [0.15, 0.2) is 36.4 Å². The van der Waals surface area contributed by atoms with Crippen LogP contribution < -0.4 is 5.32 Å². The van der Waals surface area contributed by atoms with E-state index in [1.165, 1.54) is 18.4 Å². The zero-order chi connectivity index (χ0) is 18.4. The van der Waals surface area contributed by atoms with E-state index in [4.69, 9.17) is 0 Å². The number of nitrogens with one attached hydrogen (secondary N) is 2. The Hall–Kier alpha value is -2.07. The molecule has 0 aliphatic carbocycles. The molecule has 2 N–H and O–H groups in total. The SMILES string of the molecule is CCc1[nH]c(Cc2ccccc2)cc1C(=O)NCC1CCN(CC)CC1. The second-order valence-electron chi connectivity index (χ2n) is 7.29. The molecule has 1 saturated heterocycles. The minimum atomic E-state index is 0.0651. The monoisotopic (exact) mass is 353 g/mol. The molecular weight excluding hydrogens is 322 g/mol. The van der Waals surface area contributed by atoms with E-state index in [0.717, 1.165) is 56.0 Å². The Balaban J connectivity index is 1.58. The Morgan fingerprint density at radius 1 is 1.19 bits per heavy atom. The van der Waals surface area contributed by atoms with Gasteiger partial charge in [0.2, 0.25) is 0 Å². The van der Waals surface area contributed by atoms with E-state index in [1.54, 1.807) is 0 Å². The number of H-pyrrole nitrogens is 1. The molecule has 2 aromatic rings. The van der Waals surface area contributed by atoms with Gasteiger partial charge in [0, 0.05) is 24.4 Å². The first-order chi connectivity index (χ1) is 12.7. The number of rotatable bonds is 7. The molecule has 1 aromatic carbocycles. The number of hydrogen-bond acceptors (Lipinski definition) is 2. The van der Waals surface area contributed by atoms with E-state index in [0.29, 0.717) is 5.92 Å². The van der Waals surface area contributed by atoms with Gasteiger partial charge in [-0.15, -0.1) is 0 Å². The summed E-state index contributed by atoms with van der Waals surface area (Å²) in [6.45, 7) is 8.54. The van der Waals surface area contributed by atoms with Gasteiger partial charge >= 0.3 is 0 Å². The largest absolute Gasteiger partial charge is 0.361 e. The standard InChI is InChI=1S/C22H31N3O/c1-3-21-20(15-19(24-21)14-17-8-6-5-7-9-17)22(26)23-16-18-10-12-25(4-2)13-11-18/h5-9,15,18,24H,3-4,10-14,16H2,1-2H3,(H,23,26). The van der Waals surface area contributed by atoms with Crippen molar-refractivity contribution in [1.82, 2.24) is 15.2 Å². The van der Waals surface area contributed by atoms with Gasteiger partial charge in [-0.05, 0) is 56.4 Å². The van der Waals surface area contributed by atoms with Gasteiger partial charge in [-0.1, -0.05) is 44.2 Å². The maximum absolute atomic E-state index is 12.7. The number of nitrogens with zero attached hydrogens (tertiary/aromatic N) is 1. The van der Waals surface area contributed by atoms with Gasteiger partial charge in [0.25, 0.3) is 5.91 Å². The summed E-state index contributed by atoms with van der Waals surface area (Å²) in [4.78, 5) is 18.6. The molecule has 0 radical (unpaired) electrons. The lowest BCUT2D eigenvalue weighted by molar-refractivity contribution is 0.0936. The number of hydrogen-bond donors (Lipinski definition) is 2. The van der Waals surface area contributed by atoms with Gasteiger partial charge in [-0.2, -0.15) is 0 Å².